The van der Waals surface area contributed by atoms with Gasteiger partial charge in [-0.3, -0.25) is 14.2 Å². The molecule has 0 fully saturated rings. The molecule has 1 aliphatic rings. The lowest BCUT2D eigenvalue weighted by molar-refractivity contribution is -0.122. The maximum Gasteiger partial charge on any atom is 0.265 e. The minimum Gasteiger partial charge on any atom is -0.354 e. The molecule has 1 amide bonds. The van der Waals surface area contributed by atoms with Crippen LogP contribution < -0.4 is 10.9 Å². The first-order valence-corrected chi connectivity index (χ1v) is 10.5. The lowest BCUT2D eigenvalue weighted by atomic mass is 10.2. The van der Waals surface area contributed by atoms with Gasteiger partial charge in [0.1, 0.15) is 5.39 Å². The van der Waals surface area contributed by atoms with Crippen molar-refractivity contribution in [2.75, 3.05) is 5.75 Å². The Bertz CT molecular complexity index is 1100. The summed E-state index contributed by atoms with van der Waals surface area (Å²) in [7, 11) is 0. The van der Waals surface area contributed by atoms with Crippen LogP contribution in [-0.4, -0.2) is 37.0 Å². The van der Waals surface area contributed by atoms with E-state index in [4.69, 9.17) is 4.98 Å². The molecule has 7 nitrogen and oxygen atoms in total. The normalized spacial score (nSPS) is 16.9. The summed E-state index contributed by atoms with van der Waals surface area (Å²) >= 11 is 1.51. The molecule has 0 spiro atoms. The molecule has 146 valence electrons. The fourth-order valence-corrected chi connectivity index (χ4v) is 4.54. The average Bonchev–Trinajstić information content (AvgIpc) is 3.27. The van der Waals surface area contributed by atoms with Gasteiger partial charge in [-0.25, -0.2) is 9.67 Å². The number of nitrogens with zero attached hydrogens (tertiary/aromatic N) is 4. The quantitative estimate of drug-likeness (QED) is 0.670. The van der Waals surface area contributed by atoms with E-state index >= 15 is 0 Å². The molecule has 1 aromatic carbocycles. The third kappa shape index (κ3) is 3.22. The van der Waals surface area contributed by atoms with Crippen molar-refractivity contribution in [2.45, 2.75) is 50.9 Å². The predicted molar refractivity (Wildman–Crippen MR) is 110 cm³/mol. The number of thioether (sulfide) groups is 1. The predicted octanol–water partition coefficient (Wildman–Crippen LogP) is 2.84. The smallest absolute Gasteiger partial charge is 0.265 e. The maximum absolute atomic E-state index is 13.1. The van der Waals surface area contributed by atoms with Gasteiger partial charge in [0, 0.05) is 18.2 Å². The first-order chi connectivity index (χ1) is 13.5. The zero-order valence-corrected chi connectivity index (χ0v) is 17.0. The number of nitrogens with one attached hydrogen (secondary N) is 1. The molecule has 8 heteroatoms. The van der Waals surface area contributed by atoms with Crippen LogP contribution in [0.5, 0.6) is 0 Å². The third-order valence-corrected chi connectivity index (χ3v) is 6.25. The summed E-state index contributed by atoms with van der Waals surface area (Å²) in [5.74, 6) is 0.635. The van der Waals surface area contributed by atoms with Gasteiger partial charge in [0.2, 0.25) is 5.91 Å². The van der Waals surface area contributed by atoms with Crippen molar-refractivity contribution in [3.8, 4) is 5.69 Å². The van der Waals surface area contributed by atoms with Gasteiger partial charge in [0.05, 0.1) is 17.9 Å². The van der Waals surface area contributed by atoms with E-state index in [1.54, 1.807) is 15.4 Å². The SMILES string of the molecule is CCC(C)NC(=O)CC1CSc2nc3c(cnn3-c3ccccc3C)c(=O)n21. The van der Waals surface area contributed by atoms with Crippen molar-refractivity contribution in [3.63, 3.8) is 0 Å². The van der Waals surface area contributed by atoms with Gasteiger partial charge in [0.15, 0.2) is 10.8 Å². The van der Waals surface area contributed by atoms with E-state index in [-0.39, 0.29) is 30.0 Å². The van der Waals surface area contributed by atoms with E-state index in [0.29, 0.717) is 21.9 Å². The zero-order valence-electron chi connectivity index (χ0n) is 16.2. The third-order valence-electron chi connectivity index (χ3n) is 5.16. The van der Waals surface area contributed by atoms with E-state index < -0.39 is 0 Å². The van der Waals surface area contributed by atoms with Crippen LogP contribution in [-0.2, 0) is 4.79 Å². The number of benzene rings is 1. The monoisotopic (exact) mass is 397 g/mol. The lowest BCUT2D eigenvalue weighted by Gasteiger charge is -2.16. The Labute approximate surface area is 167 Å². The molecule has 3 aromatic rings. The Morgan fingerprint density at radius 2 is 2.18 bits per heavy atom. The summed E-state index contributed by atoms with van der Waals surface area (Å²) in [5, 5.41) is 8.51. The Morgan fingerprint density at radius 3 is 2.93 bits per heavy atom. The number of aromatic nitrogens is 4. The minimum absolute atomic E-state index is 0.0320. The van der Waals surface area contributed by atoms with E-state index in [9.17, 15) is 9.59 Å². The van der Waals surface area contributed by atoms with Gasteiger partial charge in [-0.05, 0) is 31.9 Å². The number of hydrogen-bond donors (Lipinski definition) is 1. The number of carbonyl (C=O) groups is 1. The van der Waals surface area contributed by atoms with Crippen molar-refractivity contribution in [2.24, 2.45) is 0 Å². The molecule has 0 bridgehead atoms. The van der Waals surface area contributed by atoms with Crippen LogP contribution in [0.3, 0.4) is 0 Å². The molecule has 0 saturated heterocycles. The van der Waals surface area contributed by atoms with Gasteiger partial charge < -0.3 is 5.32 Å². The van der Waals surface area contributed by atoms with Crippen molar-refractivity contribution >= 4 is 28.7 Å². The highest BCUT2D eigenvalue weighted by molar-refractivity contribution is 7.99. The fraction of sp³-hybridized carbons (Fsp3) is 0.400. The lowest BCUT2D eigenvalue weighted by Crippen LogP contribution is -2.35. The van der Waals surface area contributed by atoms with Gasteiger partial charge >= 0.3 is 0 Å². The largest absolute Gasteiger partial charge is 0.354 e. The molecule has 4 rings (SSSR count). The first-order valence-electron chi connectivity index (χ1n) is 9.48. The number of carbonyl (C=O) groups excluding carboxylic acids is 1. The minimum atomic E-state index is -0.185. The number of aryl methyl sites for hydroxylation is 1. The molecule has 2 unspecified atom stereocenters. The van der Waals surface area contributed by atoms with E-state index in [1.165, 1.54) is 11.8 Å². The second kappa shape index (κ2) is 7.43. The average molecular weight is 398 g/mol. The Balaban J connectivity index is 1.72. The van der Waals surface area contributed by atoms with Gasteiger partial charge in [-0.1, -0.05) is 36.9 Å². The van der Waals surface area contributed by atoms with E-state index in [0.717, 1.165) is 17.7 Å². The zero-order chi connectivity index (χ0) is 19.8. The molecule has 2 atom stereocenters. The molecule has 28 heavy (non-hydrogen) atoms. The van der Waals surface area contributed by atoms with E-state index in [1.807, 2.05) is 45.0 Å². The number of hydrogen-bond acceptors (Lipinski definition) is 5. The Kier molecular flexibility index (Phi) is 4.97. The molecule has 0 aliphatic carbocycles. The number of fused-ring (bicyclic) bond motifs is 2. The molecular weight excluding hydrogens is 374 g/mol. The summed E-state index contributed by atoms with van der Waals surface area (Å²) in [6.07, 6.45) is 2.73. The van der Waals surface area contributed by atoms with Crippen molar-refractivity contribution in [3.05, 3.63) is 46.4 Å². The summed E-state index contributed by atoms with van der Waals surface area (Å²) in [6, 6.07) is 7.82. The van der Waals surface area contributed by atoms with Crippen LogP contribution in [0.15, 0.2) is 40.4 Å². The highest BCUT2D eigenvalue weighted by atomic mass is 32.2. The molecule has 3 heterocycles. The molecule has 0 radical (unpaired) electrons. The van der Waals surface area contributed by atoms with Crippen molar-refractivity contribution in [1.29, 1.82) is 0 Å². The second-order valence-corrected chi connectivity index (χ2v) is 8.18. The summed E-state index contributed by atoms with van der Waals surface area (Å²) in [4.78, 5) is 30.2. The van der Waals surface area contributed by atoms with Crippen LogP contribution in [0.2, 0.25) is 0 Å². The highest BCUT2D eigenvalue weighted by Gasteiger charge is 2.29. The fourth-order valence-electron chi connectivity index (χ4n) is 3.41. The van der Waals surface area contributed by atoms with Crippen LogP contribution in [0.1, 0.15) is 38.3 Å². The van der Waals surface area contributed by atoms with Crippen LogP contribution in [0.4, 0.5) is 0 Å². The van der Waals surface area contributed by atoms with Gasteiger partial charge in [-0.15, -0.1) is 0 Å². The Hall–Kier alpha value is -2.61. The highest BCUT2D eigenvalue weighted by Crippen LogP contribution is 2.33. The summed E-state index contributed by atoms with van der Waals surface area (Å²) in [6.45, 7) is 6.01. The van der Waals surface area contributed by atoms with Crippen molar-refractivity contribution < 1.29 is 4.79 Å². The summed E-state index contributed by atoms with van der Waals surface area (Å²) in [5.41, 5.74) is 2.39. The number of rotatable bonds is 5. The van der Waals surface area contributed by atoms with Crippen LogP contribution >= 0.6 is 11.8 Å². The molecular formula is C20H23N5O2S. The van der Waals surface area contributed by atoms with Crippen LogP contribution in [0, 0.1) is 6.92 Å². The van der Waals surface area contributed by atoms with Crippen LogP contribution in [0.25, 0.3) is 16.7 Å². The molecule has 1 aliphatic heterocycles. The standard InChI is InChI=1S/C20H23N5O2S/c1-4-13(3)22-17(26)9-14-11-28-20-23-18-15(19(27)24(14)20)10-21-25(18)16-8-6-5-7-12(16)2/h5-8,10,13-14H,4,9,11H2,1-3H3,(H,22,26). The summed E-state index contributed by atoms with van der Waals surface area (Å²) < 4.78 is 3.38. The molecule has 2 aromatic heterocycles. The first kappa shape index (κ1) is 18.7. The number of para-hydroxylation sites is 1. The maximum atomic E-state index is 13.1. The second-order valence-electron chi connectivity index (χ2n) is 7.20. The number of amides is 1. The van der Waals surface area contributed by atoms with Gasteiger partial charge in [-0.2, -0.15) is 5.10 Å². The van der Waals surface area contributed by atoms with Crippen molar-refractivity contribution in [1.82, 2.24) is 24.6 Å². The van der Waals surface area contributed by atoms with Gasteiger partial charge in [0.25, 0.3) is 5.56 Å². The molecule has 0 saturated carbocycles. The van der Waals surface area contributed by atoms with E-state index in [2.05, 4.69) is 10.4 Å². The molecule has 1 N–H and O–H groups in total. The topological polar surface area (TPSA) is 81.8 Å². The Morgan fingerprint density at radius 1 is 1.39 bits per heavy atom.